The molecule has 2 atom stereocenters. The molecule has 3 nitrogen and oxygen atoms in total. The topological polar surface area (TPSA) is 42.1 Å². The first kappa shape index (κ1) is 13.0. The molecule has 0 unspecified atom stereocenters. The van der Waals surface area contributed by atoms with Crippen molar-refractivity contribution in [3.05, 3.63) is 59.8 Å². The highest BCUT2D eigenvalue weighted by Crippen LogP contribution is 2.31. The van der Waals surface area contributed by atoms with E-state index in [1.807, 2.05) is 23.1 Å². The molecular weight excluding hydrogens is 260 g/mol. The SMILES string of the molecule is N[C@H]1CN(c2ccccn2)C[C@@H]1c1cc(F)ccc1F. The standard InChI is InChI=1S/C15H15F2N3/c16-10-4-5-13(17)11(7-10)12-8-20(9-14(12)18)15-3-1-2-6-19-15/h1-7,12,14H,8-9,18H2/t12-,14+/m1/s1. The quantitative estimate of drug-likeness (QED) is 0.914. The molecule has 0 spiro atoms. The van der Waals surface area contributed by atoms with Crippen LogP contribution in [0.1, 0.15) is 11.5 Å². The molecule has 3 rings (SSSR count). The second kappa shape index (κ2) is 5.17. The van der Waals surface area contributed by atoms with Gasteiger partial charge in [0.05, 0.1) is 0 Å². The van der Waals surface area contributed by atoms with Gasteiger partial charge in [-0.2, -0.15) is 0 Å². The Bertz CT molecular complexity index is 603. The van der Waals surface area contributed by atoms with Crippen molar-refractivity contribution in [3.8, 4) is 0 Å². The lowest BCUT2D eigenvalue weighted by molar-refractivity contribution is 0.551. The van der Waals surface area contributed by atoms with Gasteiger partial charge in [0.25, 0.3) is 0 Å². The number of hydrogen-bond donors (Lipinski definition) is 1. The predicted molar refractivity (Wildman–Crippen MR) is 73.5 cm³/mol. The summed E-state index contributed by atoms with van der Waals surface area (Å²) in [6, 6.07) is 8.89. The summed E-state index contributed by atoms with van der Waals surface area (Å²) in [7, 11) is 0. The van der Waals surface area contributed by atoms with Crippen molar-refractivity contribution in [2.24, 2.45) is 5.73 Å². The van der Waals surface area contributed by atoms with Gasteiger partial charge in [-0.25, -0.2) is 13.8 Å². The van der Waals surface area contributed by atoms with Crippen molar-refractivity contribution in [3.63, 3.8) is 0 Å². The number of hydrogen-bond acceptors (Lipinski definition) is 3. The first-order chi connectivity index (χ1) is 9.65. The summed E-state index contributed by atoms with van der Waals surface area (Å²) in [6.07, 6.45) is 1.71. The maximum absolute atomic E-state index is 13.9. The Morgan fingerprint density at radius 1 is 1.15 bits per heavy atom. The summed E-state index contributed by atoms with van der Waals surface area (Å²) in [5.74, 6) is -0.269. The van der Waals surface area contributed by atoms with Crippen molar-refractivity contribution in [2.75, 3.05) is 18.0 Å². The molecule has 104 valence electrons. The number of rotatable bonds is 2. The average Bonchev–Trinajstić information content (AvgIpc) is 2.84. The molecule has 1 aliphatic rings. The smallest absolute Gasteiger partial charge is 0.128 e. The number of benzene rings is 1. The molecule has 0 radical (unpaired) electrons. The third-order valence-electron chi connectivity index (χ3n) is 3.70. The van der Waals surface area contributed by atoms with Gasteiger partial charge in [-0.3, -0.25) is 0 Å². The van der Waals surface area contributed by atoms with E-state index < -0.39 is 11.6 Å². The third-order valence-corrected chi connectivity index (χ3v) is 3.70. The van der Waals surface area contributed by atoms with Gasteiger partial charge in [0.1, 0.15) is 17.5 Å². The number of nitrogens with zero attached hydrogens (tertiary/aromatic N) is 2. The van der Waals surface area contributed by atoms with Crippen LogP contribution in [0.4, 0.5) is 14.6 Å². The van der Waals surface area contributed by atoms with Crippen molar-refractivity contribution >= 4 is 5.82 Å². The zero-order valence-corrected chi connectivity index (χ0v) is 10.8. The number of aromatic nitrogens is 1. The van der Waals surface area contributed by atoms with Gasteiger partial charge < -0.3 is 10.6 Å². The first-order valence-corrected chi connectivity index (χ1v) is 6.51. The Morgan fingerprint density at radius 2 is 2.00 bits per heavy atom. The number of halogens is 2. The Kier molecular flexibility index (Phi) is 3.36. The van der Waals surface area contributed by atoms with Gasteiger partial charge in [-0.1, -0.05) is 6.07 Å². The fraction of sp³-hybridized carbons (Fsp3) is 0.267. The third kappa shape index (κ3) is 2.36. The highest BCUT2D eigenvalue weighted by atomic mass is 19.1. The van der Waals surface area contributed by atoms with Gasteiger partial charge >= 0.3 is 0 Å². The van der Waals surface area contributed by atoms with Crippen molar-refractivity contribution in [1.82, 2.24) is 4.98 Å². The molecule has 0 aliphatic carbocycles. The van der Waals surface area contributed by atoms with Crippen molar-refractivity contribution in [2.45, 2.75) is 12.0 Å². The molecular formula is C15H15F2N3. The van der Waals surface area contributed by atoms with Crippen LogP contribution in [0.15, 0.2) is 42.6 Å². The molecule has 5 heteroatoms. The lowest BCUT2D eigenvalue weighted by Gasteiger charge is -2.17. The van der Waals surface area contributed by atoms with E-state index in [0.29, 0.717) is 18.7 Å². The van der Waals surface area contributed by atoms with E-state index in [9.17, 15) is 8.78 Å². The van der Waals surface area contributed by atoms with Gasteiger partial charge in [0.2, 0.25) is 0 Å². The monoisotopic (exact) mass is 275 g/mol. The van der Waals surface area contributed by atoms with E-state index in [1.54, 1.807) is 6.20 Å². The molecule has 20 heavy (non-hydrogen) atoms. The van der Waals surface area contributed by atoms with E-state index in [0.717, 1.165) is 18.0 Å². The van der Waals surface area contributed by atoms with Gasteiger partial charge in [-0.15, -0.1) is 0 Å². The predicted octanol–water partition coefficient (Wildman–Crippen LogP) is 2.29. The number of pyridine rings is 1. The highest BCUT2D eigenvalue weighted by Gasteiger charge is 2.33. The summed E-state index contributed by atoms with van der Waals surface area (Å²) in [4.78, 5) is 6.27. The Hall–Kier alpha value is -2.01. The molecule has 2 N–H and O–H groups in total. The maximum Gasteiger partial charge on any atom is 0.128 e. The molecule has 1 fully saturated rings. The summed E-state index contributed by atoms with van der Waals surface area (Å²) in [6.45, 7) is 1.12. The Balaban J connectivity index is 1.87. The van der Waals surface area contributed by atoms with Crippen LogP contribution >= 0.6 is 0 Å². The van der Waals surface area contributed by atoms with Gasteiger partial charge in [-0.05, 0) is 35.9 Å². The second-order valence-electron chi connectivity index (χ2n) is 5.03. The van der Waals surface area contributed by atoms with Crippen molar-refractivity contribution < 1.29 is 8.78 Å². The zero-order chi connectivity index (χ0) is 14.1. The van der Waals surface area contributed by atoms with Gasteiger partial charge in [0, 0.05) is 31.2 Å². The molecule has 0 amide bonds. The minimum atomic E-state index is -0.440. The first-order valence-electron chi connectivity index (χ1n) is 6.51. The summed E-state index contributed by atoms with van der Waals surface area (Å²) < 4.78 is 27.2. The normalized spacial score (nSPS) is 22.2. The van der Waals surface area contributed by atoms with E-state index in [-0.39, 0.29) is 12.0 Å². The molecule has 2 aromatic rings. The minimum absolute atomic E-state index is 0.229. The molecule has 1 aromatic heterocycles. The molecule has 1 aromatic carbocycles. The maximum atomic E-state index is 13.9. The largest absolute Gasteiger partial charge is 0.354 e. The Morgan fingerprint density at radius 3 is 2.75 bits per heavy atom. The van der Waals surface area contributed by atoms with Crippen LogP contribution in [0.25, 0.3) is 0 Å². The molecule has 1 saturated heterocycles. The fourth-order valence-electron chi connectivity index (χ4n) is 2.68. The molecule has 1 aliphatic heterocycles. The number of anilines is 1. The fourth-order valence-corrected chi connectivity index (χ4v) is 2.68. The minimum Gasteiger partial charge on any atom is -0.354 e. The summed E-state index contributed by atoms with van der Waals surface area (Å²) in [5.41, 5.74) is 6.44. The lowest BCUT2D eigenvalue weighted by atomic mass is 9.94. The Labute approximate surface area is 116 Å². The highest BCUT2D eigenvalue weighted by molar-refractivity contribution is 5.43. The number of nitrogens with two attached hydrogens (primary N) is 1. The van der Waals surface area contributed by atoms with Crippen LogP contribution < -0.4 is 10.6 Å². The van der Waals surface area contributed by atoms with Crippen LogP contribution in [0.3, 0.4) is 0 Å². The van der Waals surface area contributed by atoms with E-state index in [2.05, 4.69) is 4.98 Å². The summed E-state index contributed by atoms with van der Waals surface area (Å²) >= 11 is 0. The van der Waals surface area contributed by atoms with E-state index in [1.165, 1.54) is 6.07 Å². The van der Waals surface area contributed by atoms with Crippen LogP contribution in [-0.2, 0) is 0 Å². The molecule has 0 saturated carbocycles. The van der Waals surface area contributed by atoms with Crippen LogP contribution in [-0.4, -0.2) is 24.1 Å². The van der Waals surface area contributed by atoms with Crippen LogP contribution in [0.5, 0.6) is 0 Å². The van der Waals surface area contributed by atoms with E-state index >= 15 is 0 Å². The van der Waals surface area contributed by atoms with Crippen LogP contribution in [0, 0.1) is 11.6 Å². The zero-order valence-electron chi connectivity index (χ0n) is 10.8. The lowest BCUT2D eigenvalue weighted by Crippen LogP contribution is -2.29. The second-order valence-corrected chi connectivity index (χ2v) is 5.03. The van der Waals surface area contributed by atoms with Crippen molar-refractivity contribution in [1.29, 1.82) is 0 Å². The van der Waals surface area contributed by atoms with E-state index in [4.69, 9.17) is 5.73 Å². The van der Waals surface area contributed by atoms with Gasteiger partial charge in [0.15, 0.2) is 0 Å². The molecule has 0 bridgehead atoms. The average molecular weight is 275 g/mol. The van der Waals surface area contributed by atoms with Crippen LogP contribution in [0.2, 0.25) is 0 Å². The molecule has 2 heterocycles. The summed E-state index contributed by atoms with van der Waals surface area (Å²) in [5, 5.41) is 0.